The van der Waals surface area contributed by atoms with Gasteiger partial charge < -0.3 is 4.90 Å². The molecule has 0 bridgehead atoms. The molecule has 1 aliphatic heterocycles. The standard InChI is InChI=1S/C22H24N2O/c1-6-9-16-12-13-19(25)21(15(16)2)23-14-20-22(3,4)17-10-7-8-11-18(17)24(20)5/h6-14H,1-5H3/b9-6-,20-14+,23-21?. The number of allylic oxidation sites excluding steroid dienone is 7. The number of aliphatic imine (C=N–C) groups is 1. The lowest BCUT2D eigenvalue weighted by molar-refractivity contribution is -0.108. The van der Waals surface area contributed by atoms with E-state index in [0.717, 1.165) is 16.8 Å². The molecule has 1 aromatic rings. The minimum absolute atomic E-state index is 0.0430. The second-order valence-electron chi connectivity index (χ2n) is 6.97. The summed E-state index contributed by atoms with van der Waals surface area (Å²) in [5.41, 5.74) is 5.87. The lowest BCUT2D eigenvalue weighted by Gasteiger charge is -2.23. The second-order valence-corrected chi connectivity index (χ2v) is 6.97. The Balaban J connectivity index is 2.06. The minimum Gasteiger partial charge on any atom is -0.346 e. The number of carbonyl (C=O) groups excluding carboxylic acids is 1. The van der Waals surface area contributed by atoms with Gasteiger partial charge in [0.15, 0.2) is 0 Å². The molecule has 0 fully saturated rings. The van der Waals surface area contributed by atoms with E-state index >= 15 is 0 Å². The maximum Gasteiger partial charge on any atom is 0.204 e. The van der Waals surface area contributed by atoms with Gasteiger partial charge in [0.1, 0.15) is 5.71 Å². The molecule has 0 atom stereocenters. The first-order chi connectivity index (χ1) is 11.9. The van der Waals surface area contributed by atoms with Gasteiger partial charge in [0, 0.05) is 30.0 Å². The predicted molar refractivity (Wildman–Crippen MR) is 105 cm³/mol. The van der Waals surface area contributed by atoms with Crippen LogP contribution in [0.2, 0.25) is 0 Å². The molecule has 3 rings (SSSR count). The average Bonchev–Trinajstić information content (AvgIpc) is 2.78. The van der Waals surface area contributed by atoms with Crippen LogP contribution in [-0.4, -0.2) is 18.5 Å². The van der Waals surface area contributed by atoms with Crippen LogP contribution >= 0.6 is 0 Å². The molecule has 128 valence electrons. The van der Waals surface area contributed by atoms with Gasteiger partial charge >= 0.3 is 0 Å². The number of benzene rings is 1. The van der Waals surface area contributed by atoms with E-state index in [2.05, 4.69) is 49.0 Å². The van der Waals surface area contributed by atoms with Gasteiger partial charge in [-0.25, -0.2) is 0 Å². The summed E-state index contributed by atoms with van der Waals surface area (Å²) in [4.78, 5) is 19.1. The van der Waals surface area contributed by atoms with Crippen LogP contribution in [0.25, 0.3) is 0 Å². The van der Waals surface area contributed by atoms with Crippen LogP contribution in [0.4, 0.5) is 5.69 Å². The first-order valence-corrected chi connectivity index (χ1v) is 8.56. The molecule has 0 saturated carbocycles. The van der Waals surface area contributed by atoms with Crippen LogP contribution in [-0.2, 0) is 10.2 Å². The fourth-order valence-corrected chi connectivity index (χ4v) is 3.57. The lowest BCUT2D eigenvalue weighted by atomic mass is 9.84. The van der Waals surface area contributed by atoms with Crippen molar-refractivity contribution >= 4 is 17.2 Å². The van der Waals surface area contributed by atoms with E-state index in [1.165, 1.54) is 11.3 Å². The maximum absolute atomic E-state index is 12.3. The van der Waals surface area contributed by atoms with Gasteiger partial charge in [-0.1, -0.05) is 50.3 Å². The number of nitrogens with zero attached hydrogens (tertiary/aromatic N) is 2. The van der Waals surface area contributed by atoms with Gasteiger partial charge in [-0.3, -0.25) is 9.79 Å². The average molecular weight is 332 g/mol. The van der Waals surface area contributed by atoms with E-state index < -0.39 is 0 Å². The third kappa shape index (κ3) is 2.80. The molecule has 0 N–H and O–H groups in total. The molecule has 0 unspecified atom stereocenters. The zero-order valence-corrected chi connectivity index (χ0v) is 15.5. The van der Waals surface area contributed by atoms with Gasteiger partial charge in [0.2, 0.25) is 5.78 Å². The number of likely N-dealkylation sites (N-methyl/N-ethyl adjacent to an activating group) is 1. The molecule has 25 heavy (non-hydrogen) atoms. The molecule has 1 heterocycles. The van der Waals surface area contributed by atoms with Gasteiger partial charge in [-0.15, -0.1) is 0 Å². The zero-order valence-electron chi connectivity index (χ0n) is 15.5. The summed E-state index contributed by atoms with van der Waals surface area (Å²) in [5.74, 6) is -0.0430. The van der Waals surface area contributed by atoms with Crippen LogP contribution in [0.15, 0.2) is 76.6 Å². The van der Waals surface area contributed by atoms with Gasteiger partial charge in [-0.2, -0.15) is 0 Å². The summed E-state index contributed by atoms with van der Waals surface area (Å²) in [6, 6.07) is 8.39. The largest absolute Gasteiger partial charge is 0.346 e. The Morgan fingerprint density at radius 1 is 1.16 bits per heavy atom. The third-order valence-electron chi connectivity index (χ3n) is 5.04. The Kier molecular flexibility index (Phi) is 4.34. The Morgan fingerprint density at radius 3 is 2.56 bits per heavy atom. The zero-order chi connectivity index (χ0) is 18.2. The lowest BCUT2D eigenvalue weighted by Crippen LogP contribution is -2.23. The number of ketones is 1. The predicted octanol–water partition coefficient (Wildman–Crippen LogP) is 4.73. The van der Waals surface area contributed by atoms with Gasteiger partial charge in [-0.05, 0) is 42.7 Å². The number of hydrogen-bond acceptors (Lipinski definition) is 3. The summed E-state index contributed by atoms with van der Waals surface area (Å²) in [6.45, 7) is 8.30. The molecular formula is C22H24N2O. The van der Waals surface area contributed by atoms with Crippen LogP contribution in [0.5, 0.6) is 0 Å². The molecule has 1 aromatic carbocycles. The molecule has 0 spiro atoms. The summed E-state index contributed by atoms with van der Waals surface area (Å²) >= 11 is 0. The van der Waals surface area contributed by atoms with Crippen molar-refractivity contribution in [2.24, 2.45) is 4.99 Å². The quantitative estimate of drug-likeness (QED) is 0.734. The first kappa shape index (κ1) is 17.2. The summed E-state index contributed by atoms with van der Waals surface area (Å²) in [5, 5.41) is 0. The Morgan fingerprint density at radius 2 is 1.88 bits per heavy atom. The fourth-order valence-electron chi connectivity index (χ4n) is 3.57. The maximum atomic E-state index is 12.3. The van der Waals surface area contributed by atoms with Crippen LogP contribution in [0.3, 0.4) is 0 Å². The summed E-state index contributed by atoms with van der Waals surface area (Å²) in [6.07, 6.45) is 9.27. The van der Waals surface area contributed by atoms with Gasteiger partial charge in [0.25, 0.3) is 0 Å². The molecule has 1 aliphatic carbocycles. The van der Waals surface area contributed by atoms with Crippen molar-refractivity contribution < 1.29 is 4.79 Å². The molecule has 3 heteroatoms. The van der Waals surface area contributed by atoms with Crippen molar-refractivity contribution in [1.82, 2.24) is 0 Å². The number of rotatable bonds is 2. The molecule has 2 aliphatic rings. The molecule has 0 aromatic heterocycles. The van der Waals surface area contributed by atoms with Gasteiger partial charge in [0.05, 0.1) is 0 Å². The van der Waals surface area contributed by atoms with Crippen molar-refractivity contribution in [3.8, 4) is 0 Å². The third-order valence-corrected chi connectivity index (χ3v) is 5.04. The number of anilines is 1. The topological polar surface area (TPSA) is 32.7 Å². The van der Waals surface area contributed by atoms with E-state index in [1.807, 2.05) is 44.3 Å². The monoisotopic (exact) mass is 332 g/mol. The highest BCUT2D eigenvalue weighted by Gasteiger charge is 2.38. The van der Waals surface area contributed by atoms with Crippen molar-refractivity contribution in [3.63, 3.8) is 0 Å². The van der Waals surface area contributed by atoms with Crippen LogP contribution < -0.4 is 4.90 Å². The number of carbonyl (C=O) groups is 1. The smallest absolute Gasteiger partial charge is 0.204 e. The van der Waals surface area contributed by atoms with Crippen molar-refractivity contribution in [2.45, 2.75) is 33.1 Å². The van der Waals surface area contributed by atoms with Crippen molar-refractivity contribution in [1.29, 1.82) is 0 Å². The highest BCUT2D eigenvalue weighted by atomic mass is 16.1. The highest BCUT2D eigenvalue weighted by Crippen LogP contribution is 2.46. The van der Waals surface area contributed by atoms with E-state index in [9.17, 15) is 4.79 Å². The van der Waals surface area contributed by atoms with Crippen molar-refractivity contribution in [2.75, 3.05) is 11.9 Å². The number of hydrogen-bond donors (Lipinski definition) is 0. The van der Waals surface area contributed by atoms with E-state index in [0.29, 0.717) is 5.71 Å². The summed E-state index contributed by atoms with van der Waals surface area (Å²) < 4.78 is 0. The second kappa shape index (κ2) is 6.32. The fraction of sp³-hybridized carbons (Fsp3) is 0.273. The molecular weight excluding hydrogens is 308 g/mol. The normalized spacial score (nSPS) is 22.6. The molecule has 0 amide bonds. The van der Waals surface area contributed by atoms with Crippen LogP contribution in [0.1, 0.15) is 33.3 Å². The van der Waals surface area contributed by atoms with E-state index in [-0.39, 0.29) is 11.2 Å². The first-order valence-electron chi connectivity index (χ1n) is 8.56. The number of para-hydroxylation sites is 1. The Hall–Kier alpha value is -2.68. The molecule has 3 nitrogen and oxygen atoms in total. The van der Waals surface area contributed by atoms with Crippen LogP contribution in [0, 0.1) is 0 Å². The van der Waals surface area contributed by atoms with Crippen molar-refractivity contribution in [3.05, 3.63) is 77.2 Å². The SMILES string of the molecule is C/C=C\C1=C(C)C(=N/C=C2/N(C)c3ccccc3C2(C)C)C(=O)C=C1. The Bertz CT molecular complexity index is 879. The van der Waals surface area contributed by atoms with E-state index in [1.54, 1.807) is 6.08 Å². The van der Waals surface area contributed by atoms with E-state index in [4.69, 9.17) is 0 Å². The molecule has 0 saturated heterocycles. The molecule has 0 radical (unpaired) electrons. The highest BCUT2D eigenvalue weighted by molar-refractivity contribution is 6.50. The minimum atomic E-state index is -0.146. The summed E-state index contributed by atoms with van der Waals surface area (Å²) in [7, 11) is 2.05. The number of fused-ring (bicyclic) bond motifs is 1. The Labute approximate surface area is 149 Å².